The van der Waals surface area contributed by atoms with Gasteiger partial charge in [-0.05, 0) is 25.2 Å². The van der Waals surface area contributed by atoms with E-state index in [0.29, 0.717) is 11.6 Å². The molecule has 0 spiro atoms. The van der Waals surface area contributed by atoms with Crippen LogP contribution in [0.3, 0.4) is 0 Å². The maximum atomic E-state index is 10.3. The van der Waals surface area contributed by atoms with Crippen molar-refractivity contribution in [3.63, 3.8) is 0 Å². The molecule has 2 N–H and O–H groups in total. The number of benzene rings is 1. The molecule has 1 aromatic heterocycles. The summed E-state index contributed by atoms with van der Waals surface area (Å²) in [6, 6.07) is 9.78. The van der Waals surface area contributed by atoms with Crippen LogP contribution in [0, 0.1) is 5.92 Å². The highest BCUT2D eigenvalue weighted by Gasteiger charge is 2.24. The molecule has 0 radical (unpaired) electrons. The summed E-state index contributed by atoms with van der Waals surface area (Å²) < 4.78 is 0. The van der Waals surface area contributed by atoms with E-state index < -0.39 is 6.10 Å². The number of hydrogen-bond donors (Lipinski definition) is 2. The summed E-state index contributed by atoms with van der Waals surface area (Å²) in [6.07, 6.45) is 6.67. The molecule has 0 aliphatic heterocycles. The highest BCUT2D eigenvalue weighted by atomic mass is 16.3. The first-order chi connectivity index (χ1) is 9.34. The molecule has 0 saturated carbocycles. The van der Waals surface area contributed by atoms with Crippen LogP contribution >= 0.6 is 0 Å². The van der Waals surface area contributed by atoms with Crippen LogP contribution in [0.15, 0.2) is 42.5 Å². The van der Waals surface area contributed by atoms with E-state index in [0.717, 1.165) is 24.8 Å². The van der Waals surface area contributed by atoms with Crippen LogP contribution in [-0.4, -0.2) is 20.3 Å². The van der Waals surface area contributed by atoms with Gasteiger partial charge in [0.15, 0.2) is 11.6 Å². The number of H-pyrrole nitrogens is 1. The molecule has 0 amide bonds. The fourth-order valence-corrected chi connectivity index (χ4v) is 2.45. The van der Waals surface area contributed by atoms with E-state index in [1.54, 1.807) is 0 Å². The number of rotatable bonds is 3. The van der Waals surface area contributed by atoms with Gasteiger partial charge in [-0.1, -0.05) is 42.5 Å². The minimum absolute atomic E-state index is 0.238. The Labute approximate surface area is 112 Å². The van der Waals surface area contributed by atoms with Crippen LogP contribution in [-0.2, 0) is 0 Å². The minimum Gasteiger partial charge on any atom is -0.385 e. The fraction of sp³-hybridized carbons (Fsp3) is 0.333. The van der Waals surface area contributed by atoms with Gasteiger partial charge in [0.2, 0.25) is 0 Å². The molecule has 19 heavy (non-hydrogen) atoms. The Kier molecular flexibility index (Phi) is 3.42. The van der Waals surface area contributed by atoms with E-state index in [1.165, 1.54) is 0 Å². The van der Waals surface area contributed by atoms with Crippen molar-refractivity contribution in [2.24, 2.45) is 5.92 Å². The van der Waals surface area contributed by atoms with Crippen molar-refractivity contribution in [1.29, 1.82) is 0 Å². The quantitative estimate of drug-likeness (QED) is 0.829. The summed E-state index contributed by atoms with van der Waals surface area (Å²) in [5.74, 6) is 1.45. The number of aromatic amines is 1. The van der Waals surface area contributed by atoms with Crippen molar-refractivity contribution >= 4 is 0 Å². The normalized spacial score (nSPS) is 20.4. The molecule has 98 valence electrons. The third-order valence-electron chi connectivity index (χ3n) is 3.57. The van der Waals surface area contributed by atoms with E-state index in [-0.39, 0.29) is 5.92 Å². The number of nitrogens with one attached hydrogen (secondary N) is 1. The number of aliphatic hydroxyl groups is 1. The lowest BCUT2D eigenvalue weighted by Gasteiger charge is -2.21. The van der Waals surface area contributed by atoms with E-state index in [2.05, 4.69) is 27.3 Å². The van der Waals surface area contributed by atoms with Gasteiger partial charge in [0, 0.05) is 5.56 Å². The third-order valence-corrected chi connectivity index (χ3v) is 3.57. The molecule has 1 heterocycles. The van der Waals surface area contributed by atoms with Gasteiger partial charge >= 0.3 is 0 Å². The highest BCUT2D eigenvalue weighted by Crippen LogP contribution is 2.30. The number of aromatic nitrogens is 3. The number of allylic oxidation sites excluding steroid dienone is 2. The van der Waals surface area contributed by atoms with Gasteiger partial charge in [-0.15, -0.1) is 0 Å². The Bertz CT molecular complexity index is 562. The maximum absolute atomic E-state index is 10.3. The lowest BCUT2D eigenvalue weighted by molar-refractivity contribution is 0.0944. The largest absolute Gasteiger partial charge is 0.385 e. The fourth-order valence-electron chi connectivity index (χ4n) is 2.45. The number of aliphatic hydroxyl groups excluding tert-OH is 1. The second-order valence-electron chi connectivity index (χ2n) is 4.90. The summed E-state index contributed by atoms with van der Waals surface area (Å²) >= 11 is 0. The second kappa shape index (κ2) is 5.36. The average Bonchev–Trinajstić information content (AvgIpc) is 2.98. The van der Waals surface area contributed by atoms with Crippen molar-refractivity contribution in [2.45, 2.75) is 25.4 Å². The summed E-state index contributed by atoms with van der Waals surface area (Å²) in [5.41, 5.74) is 0.959. The van der Waals surface area contributed by atoms with Crippen molar-refractivity contribution in [2.75, 3.05) is 0 Å². The Balaban J connectivity index is 1.79. The molecule has 1 aliphatic carbocycles. The summed E-state index contributed by atoms with van der Waals surface area (Å²) in [4.78, 5) is 4.41. The van der Waals surface area contributed by atoms with Crippen molar-refractivity contribution < 1.29 is 5.11 Å². The Morgan fingerprint density at radius 1 is 1.21 bits per heavy atom. The molecule has 1 aliphatic rings. The molecule has 0 saturated heterocycles. The predicted molar refractivity (Wildman–Crippen MR) is 73.3 cm³/mol. The van der Waals surface area contributed by atoms with E-state index in [9.17, 15) is 5.11 Å². The summed E-state index contributed by atoms with van der Waals surface area (Å²) in [6.45, 7) is 0. The molecule has 2 aromatic rings. The van der Waals surface area contributed by atoms with Crippen LogP contribution in [0.2, 0.25) is 0 Å². The average molecular weight is 255 g/mol. The predicted octanol–water partition coefficient (Wildman–Crippen LogP) is 2.86. The molecule has 4 heteroatoms. The molecular formula is C15H17N3O. The minimum atomic E-state index is -0.560. The van der Waals surface area contributed by atoms with E-state index in [1.807, 2.05) is 30.3 Å². The van der Waals surface area contributed by atoms with Crippen molar-refractivity contribution in [3.05, 3.63) is 48.3 Å². The molecule has 0 fully saturated rings. The molecule has 0 unspecified atom stereocenters. The van der Waals surface area contributed by atoms with Gasteiger partial charge in [0.1, 0.15) is 6.10 Å². The van der Waals surface area contributed by atoms with Crippen LogP contribution in [0.25, 0.3) is 11.4 Å². The van der Waals surface area contributed by atoms with Crippen molar-refractivity contribution in [3.8, 4) is 11.4 Å². The zero-order valence-corrected chi connectivity index (χ0v) is 10.7. The van der Waals surface area contributed by atoms with Gasteiger partial charge in [-0.2, -0.15) is 5.10 Å². The first-order valence-corrected chi connectivity index (χ1v) is 6.65. The molecular weight excluding hydrogens is 238 g/mol. The van der Waals surface area contributed by atoms with Gasteiger partial charge in [-0.3, -0.25) is 5.10 Å². The van der Waals surface area contributed by atoms with Crippen LogP contribution in [0.4, 0.5) is 0 Å². The van der Waals surface area contributed by atoms with Gasteiger partial charge in [-0.25, -0.2) is 4.98 Å². The summed E-state index contributed by atoms with van der Waals surface area (Å²) in [7, 11) is 0. The molecule has 4 nitrogen and oxygen atoms in total. The topological polar surface area (TPSA) is 61.8 Å². The monoisotopic (exact) mass is 255 g/mol. The third kappa shape index (κ3) is 2.58. The lowest BCUT2D eigenvalue weighted by atomic mass is 9.89. The first kappa shape index (κ1) is 12.1. The van der Waals surface area contributed by atoms with Gasteiger partial charge in [0.05, 0.1) is 0 Å². The van der Waals surface area contributed by atoms with Crippen LogP contribution in [0.5, 0.6) is 0 Å². The maximum Gasteiger partial charge on any atom is 0.181 e. The SMILES string of the molecule is O[C@@H](c1nc(-c2ccccc2)n[nH]1)[C@H]1CC=CCC1. The standard InChI is InChI=1S/C15H17N3O/c19-13(11-7-3-1-4-8-11)15-16-14(17-18-15)12-9-5-2-6-10-12/h1-3,5-6,9-11,13,19H,4,7-8H2,(H,16,17,18)/t11-,13+/m0/s1. The molecule has 3 rings (SSSR count). The second-order valence-corrected chi connectivity index (χ2v) is 4.90. The zero-order chi connectivity index (χ0) is 13.1. The highest BCUT2D eigenvalue weighted by molar-refractivity contribution is 5.53. The van der Waals surface area contributed by atoms with E-state index >= 15 is 0 Å². The number of nitrogens with zero attached hydrogens (tertiary/aromatic N) is 2. The Hall–Kier alpha value is -1.94. The molecule has 1 aromatic carbocycles. The van der Waals surface area contributed by atoms with Crippen LogP contribution < -0.4 is 0 Å². The lowest BCUT2D eigenvalue weighted by Crippen LogP contribution is -2.15. The van der Waals surface area contributed by atoms with E-state index in [4.69, 9.17) is 0 Å². The smallest absolute Gasteiger partial charge is 0.181 e. The van der Waals surface area contributed by atoms with Crippen molar-refractivity contribution in [1.82, 2.24) is 15.2 Å². The Morgan fingerprint density at radius 3 is 2.79 bits per heavy atom. The van der Waals surface area contributed by atoms with Crippen LogP contribution in [0.1, 0.15) is 31.2 Å². The van der Waals surface area contributed by atoms with Gasteiger partial charge in [0.25, 0.3) is 0 Å². The first-order valence-electron chi connectivity index (χ1n) is 6.65. The zero-order valence-electron chi connectivity index (χ0n) is 10.7. The van der Waals surface area contributed by atoms with Gasteiger partial charge < -0.3 is 5.11 Å². The Morgan fingerprint density at radius 2 is 2.05 bits per heavy atom. The molecule has 0 bridgehead atoms. The molecule has 2 atom stereocenters. The summed E-state index contributed by atoms with van der Waals surface area (Å²) in [5, 5.41) is 17.4. The number of hydrogen-bond acceptors (Lipinski definition) is 3.